The second-order valence-corrected chi connectivity index (χ2v) is 3.51. The molecular weight excluding hydrogens is 196 g/mol. The van der Waals surface area contributed by atoms with E-state index in [0.29, 0.717) is 0 Å². The molecule has 1 heterocycles. The molecule has 66 valence electrons. The van der Waals surface area contributed by atoms with Crippen LogP contribution in [0.1, 0.15) is 17.8 Å². The van der Waals surface area contributed by atoms with Crippen molar-refractivity contribution in [3.63, 3.8) is 0 Å². The Kier molecular flexibility index (Phi) is 3.49. The van der Waals surface area contributed by atoms with E-state index in [2.05, 4.69) is 10.3 Å². The third-order valence-corrected chi connectivity index (χ3v) is 2.58. The molecule has 0 spiro atoms. The van der Waals surface area contributed by atoms with Crippen molar-refractivity contribution in [2.45, 2.75) is 13.0 Å². The standard InChI is InChI=1S/C7H9ClN2OS/c1-5(10-7(11)2-8)6-3-9-4-12-6/h3-5H,2H2,1H3,(H,10,11)/t5-/m0/s1. The largest absolute Gasteiger partial charge is 0.348 e. The van der Waals surface area contributed by atoms with Crippen molar-refractivity contribution in [2.24, 2.45) is 0 Å². The highest BCUT2D eigenvalue weighted by Crippen LogP contribution is 2.15. The number of alkyl halides is 1. The van der Waals surface area contributed by atoms with E-state index < -0.39 is 0 Å². The van der Waals surface area contributed by atoms with Crippen molar-refractivity contribution in [2.75, 3.05) is 5.88 Å². The van der Waals surface area contributed by atoms with Gasteiger partial charge in [0, 0.05) is 11.1 Å². The van der Waals surface area contributed by atoms with E-state index in [1.54, 1.807) is 11.7 Å². The van der Waals surface area contributed by atoms with Gasteiger partial charge in [-0.2, -0.15) is 0 Å². The number of rotatable bonds is 3. The lowest BCUT2D eigenvalue weighted by atomic mass is 10.3. The van der Waals surface area contributed by atoms with Gasteiger partial charge in [0.15, 0.2) is 0 Å². The van der Waals surface area contributed by atoms with Crippen molar-refractivity contribution in [3.8, 4) is 0 Å². The summed E-state index contributed by atoms with van der Waals surface area (Å²) in [7, 11) is 0. The zero-order valence-electron chi connectivity index (χ0n) is 6.58. The van der Waals surface area contributed by atoms with Gasteiger partial charge >= 0.3 is 0 Å². The summed E-state index contributed by atoms with van der Waals surface area (Å²) in [6, 6.07) is 0.00347. The highest BCUT2D eigenvalue weighted by molar-refractivity contribution is 7.09. The van der Waals surface area contributed by atoms with E-state index in [9.17, 15) is 4.79 Å². The molecule has 0 radical (unpaired) electrons. The second-order valence-electron chi connectivity index (χ2n) is 2.33. The molecule has 1 aromatic heterocycles. The zero-order valence-corrected chi connectivity index (χ0v) is 8.15. The number of carbonyl (C=O) groups is 1. The summed E-state index contributed by atoms with van der Waals surface area (Å²) >= 11 is 6.85. The summed E-state index contributed by atoms with van der Waals surface area (Å²) in [4.78, 5) is 15.8. The molecule has 12 heavy (non-hydrogen) atoms. The lowest BCUT2D eigenvalue weighted by Gasteiger charge is -2.09. The Morgan fingerprint density at radius 1 is 1.92 bits per heavy atom. The van der Waals surface area contributed by atoms with Crippen LogP contribution in [0.3, 0.4) is 0 Å². The highest BCUT2D eigenvalue weighted by Gasteiger charge is 2.08. The van der Waals surface area contributed by atoms with Gasteiger partial charge in [0.2, 0.25) is 5.91 Å². The smallest absolute Gasteiger partial charge is 0.235 e. The lowest BCUT2D eigenvalue weighted by Crippen LogP contribution is -2.26. The molecule has 1 atom stereocenters. The fourth-order valence-electron chi connectivity index (χ4n) is 0.791. The third-order valence-electron chi connectivity index (χ3n) is 1.38. The molecule has 1 aromatic rings. The Labute approximate surface area is 79.8 Å². The molecule has 1 N–H and O–H groups in total. The van der Waals surface area contributed by atoms with Crippen molar-refractivity contribution in [1.29, 1.82) is 0 Å². The van der Waals surface area contributed by atoms with Crippen LogP contribution in [-0.2, 0) is 4.79 Å². The highest BCUT2D eigenvalue weighted by atomic mass is 35.5. The van der Waals surface area contributed by atoms with Crippen LogP contribution in [0.2, 0.25) is 0 Å². The van der Waals surface area contributed by atoms with Crippen molar-refractivity contribution in [3.05, 3.63) is 16.6 Å². The van der Waals surface area contributed by atoms with Crippen LogP contribution in [0.4, 0.5) is 0 Å². The van der Waals surface area contributed by atoms with Gasteiger partial charge in [0.05, 0.1) is 11.6 Å². The summed E-state index contributed by atoms with van der Waals surface area (Å²) in [5.74, 6) is -0.152. The monoisotopic (exact) mass is 204 g/mol. The first kappa shape index (κ1) is 9.48. The number of aromatic nitrogens is 1. The third kappa shape index (κ3) is 2.46. The second kappa shape index (κ2) is 4.42. The van der Waals surface area contributed by atoms with Crippen LogP contribution < -0.4 is 5.32 Å². The van der Waals surface area contributed by atoms with Crippen LogP contribution in [0.15, 0.2) is 11.7 Å². The predicted octanol–water partition coefficient (Wildman–Crippen LogP) is 1.56. The predicted molar refractivity (Wildman–Crippen MR) is 49.4 cm³/mol. The zero-order chi connectivity index (χ0) is 8.97. The van der Waals surface area contributed by atoms with Gasteiger partial charge in [-0.25, -0.2) is 0 Å². The topological polar surface area (TPSA) is 42.0 Å². The Bertz CT molecular complexity index is 250. The summed E-state index contributed by atoms with van der Waals surface area (Å²) < 4.78 is 0. The van der Waals surface area contributed by atoms with Gasteiger partial charge < -0.3 is 5.32 Å². The molecule has 0 aliphatic rings. The Balaban J connectivity index is 2.49. The molecule has 0 bridgehead atoms. The van der Waals surface area contributed by atoms with Crippen molar-refractivity contribution < 1.29 is 4.79 Å². The summed E-state index contributed by atoms with van der Waals surface area (Å²) in [5, 5.41) is 2.73. The molecule has 3 nitrogen and oxygen atoms in total. The molecule has 1 rings (SSSR count). The minimum atomic E-state index is -0.155. The minimum Gasteiger partial charge on any atom is -0.348 e. The average molecular weight is 205 g/mol. The van der Waals surface area contributed by atoms with Crippen LogP contribution in [0.25, 0.3) is 0 Å². The number of thiazole rings is 1. The van der Waals surface area contributed by atoms with E-state index in [0.717, 1.165) is 4.88 Å². The van der Waals surface area contributed by atoms with Gasteiger partial charge in [-0.1, -0.05) is 0 Å². The molecule has 0 fully saturated rings. The van der Waals surface area contributed by atoms with E-state index in [1.165, 1.54) is 11.3 Å². The van der Waals surface area contributed by atoms with Gasteiger partial charge in [-0.3, -0.25) is 9.78 Å². The van der Waals surface area contributed by atoms with Crippen LogP contribution >= 0.6 is 22.9 Å². The number of hydrogen-bond acceptors (Lipinski definition) is 3. The van der Waals surface area contributed by atoms with Gasteiger partial charge in [-0.05, 0) is 6.92 Å². The number of nitrogens with one attached hydrogen (secondary N) is 1. The normalized spacial score (nSPS) is 12.5. The first-order valence-corrected chi connectivity index (χ1v) is 4.89. The summed E-state index contributed by atoms with van der Waals surface area (Å²) in [6.07, 6.45) is 1.74. The van der Waals surface area contributed by atoms with Gasteiger partial charge in [0.25, 0.3) is 0 Å². The summed E-state index contributed by atoms with van der Waals surface area (Å²) in [5.41, 5.74) is 1.73. The van der Waals surface area contributed by atoms with Crippen molar-refractivity contribution >= 4 is 28.8 Å². The number of halogens is 1. The van der Waals surface area contributed by atoms with Crippen molar-refractivity contribution in [1.82, 2.24) is 10.3 Å². The fraction of sp³-hybridized carbons (Fsp3) is 0.429. The molecule has 0 aromatic carbocycles. The lowest BCUT2D eigenvalue weighted by molar-refractivity contribution is -0.119. The Morgan fingerprint density at radius 2 is 2.67 bits per heavy atom. The number of amides is 1. The number of nitrogens with zero attached hydrogens (tertiary/aromatic N) is 1. The molecule has 0 aliphatic carbocycles. The number of carbonyl (C=O) groups excluding carboxylic acids is 1. The first-order chi connectivity index (χ1) is 5.74. The molecule has 0 saturated carbocycles. The Morgan fingerprint density at radius 3 is 3.17 bits per heavy atom. The molecule has 0 saturated heterocycles. The fourth-order valence-corrected chi connectivity index (χ4v) is 1.50. The molecule has 0 aliphatic heterocycles. The van der Waals surface area contributed by atoms with Crippen LogP contribution in [0, 0.1) is 0 Å². The maximum atomic E-state index is 10.9. The number of hydrogen-bond donors (Lipinski definition) is 1. The van der Waals surface area contributed by atoms with Gasteiger partial charge in [-0.15, -0.1) is 22.9 Å². The van der Waals surface area contributed by atoms with Gasteiger partial charge in [0.1, 0.15) is 5.88 Å². The van der Waals surface area contributed by atoms with E-state index >= 15 is 0 Å². The Hall–Kier alpha value is -0.610. The average Bonchev–Trinajstić information content (AvgIpc) is 2.56. The molecule has 1 amide bonds. The SMILES string of the molecule is C[C@H](NC(=O)CCl)c1cncs1. The van der Waals surface area contributed by atoms with E-state index in [1.807, 2.05) is 6.92 Å². The van der Waals surface area contributed by atoms with Crippen LogP contribution in [-0.4, -0.2) is 16.8 Å². The van der Waals surface area contributed by atoms with E-state index in [-0.39, 0.29) is 17.8 Å². The summed E-state index contributed by atoms with van der Waals surface area (Å²) in [6.45, 7) is 1.90. The molecular formula is C7H9ClN2OS. The van der Waals surface area contributed by atoms with Crippen LogP contribution in [0.5, 0.6) is 0 Å². The molecule has 5 heteroatoms. The maximum absolute atomic E-state index is 10.9. The molecule has 0 unspecified atom stereocenters. The minimum absolute atomic E-state index is 0.00312. The van der Waals surface area contributed by atoms with E-state index in [4.69, 9.17) is 11.6 Å². The maximum Gasteiger partial charge on any atom is 0.235 e. The first-order valence-electron chi connectivity index (χ1n) is 3.47. The quantitative estimate of drug-likeness (QED) is 0.760.